The highest BCUT2D eigenvalue weighted by atomic mass is 19.3. The number of alkyl halides is 2. The first-order valence-corrected chi connectivity index (χ1v) is 8.17. The summed E-state index contributed by atoms with van der Waals surface area (Å²) >= 11 is 0. The molecule has 27 heavy (non-hydrogen) atoms. The fourth-order valence-electron chi connectivity index (χ4n) is 3.14. The molecule has 1 aliphatic heterocycles. The summed E-state index contributed by atoms with van der Waals surface area (Å²) < 4.78 is 75.4. The predicted molar refractivity (Wildman–Crippen MR) is 89.7 cm³/mol. The van der Waals surface area contributed by atoms with Crippen molar-refractivity contribution in [2.75, 3.05) is 6.61 Å². The average Bonchev–Trinajstić information content (AvgIpc) is 3.45. The van der Waals surface area contributed by atoms with Crippen molar-refractivity contribution in [2.24, 2.45) is 0 Å². The molecule has 0 spiro atoms. The van der Waals surface area contributed by atoms with Crippen molar-refractivity contribution in [1.82, 2.24) is 0 Å². The number of halogens is 5. The van der Waals surface area contributed by atoms with Gasteiger partial charge in [-0.15, -0.1) is 0 Å². The zero-order chi connectivity index (χ0) is 19.2. The topological polar surface area (TPSA) is 12.5 Å². The summed E-state index contributed by atoms with van der Waals surface area (Å²) in [6.45, 7) is -0.373. The normalized spacial score (nSPS) is 19.1. The maximum absolute atomic E-state index is 15.1. The van der Waals surface area contributed by atoms with Crippen molar-refractivity contribution in [1.29, 1.82) is 0 Å². The number of hydrogen-bond acceptors (Lipinski definition) is 1. The Morgan fingerprint density at radius 1 is 0.741 bits per heavy atom. The van der Waals surface area contributed by atoms with E-state index in [2.05, 4.69) is 0 Å². The minimum Gasteiger partial charge on any atom is -0.357 e. The van der Waals surface area contributed by atoms with Crippen molar-refractivity contribution < 1.29 is 26.7 Å². The van der Waals surface area contributed by atoms with Crippen LogP contribution < -0.4 is 0 Å². The van der Waals surface area contributed by atoms with Gasteiger partial charge >= 0.3 is 5.92 Å². The van der Waals surface area contributed by atoms with Crippen LogP contribution in [-0.2, 0) is 16.3 Å². The molecular weight excluding hydrogens is 363 g/mol. The summed E-state index contributed by atoms with van der Waals surface area (Å²) in [4.78, 5) is 0. The summed E-state index contributed by atoms with van der Waals surface area (Å²) in [6.07, 6.45) is 0. The molecule has 0 N–H and O–H groups in total. The van der Waals surface area contributed by atoms with Gasteiger partial charge in [-0.1, -0.05) is 36.4 Å². The van der Waals surface area contributed by atoms with Gasteiger partial charge < -0.3 is 4.74 Å². The molecule has 0 amide bonds. The van der Waals surface area contributed by atoms with E-state index in [9.17, 15) is 13.2 Å². The van der Waals surface area contributed by atoms with Crippen LogP contribution in [0.3, 0.4) is 0 Å². The average molecular weight is 376 g/mol. The molecule has 0 radical (unpaired) electrons. The van der Waals surface area contributed by atoms with Crippen molar-refractivity contribution in [3.8, 4) is 11.1 Å². The fourth-order valence-corrected chi connectivity index (χ4v) is 3.14. The van der Waals surface area contributed by atoms with Crippen LogP contribution in [0.15, 0.2) is 66.7 Å². The Labute approximate surface area is 152 Å². The van der Waals surface area contributed by atoms with E-state index in [1.807, 2.05) is 0 Å². The van der Waals surface area contributed by atoms with Crippen LogP contribution in [0.1, 0.15) is 11.1 Å². The molecule has 0 aliphatic carbocycles. The van der Waals surface area contributed by atoms with E-state index in [4.69, 9.17) is 4.74 Å². The quantitative estimate of drug-likeness (QED) is 0.415. The van der Waals surface area contributed by atoms with Crippen LogP contribution in [-0.4, -0.2) is 6.61 Å². The summed E-state index contributed by atoms with van der Waals surface area (Å²) in [6, 6.07) is 13.5. The van der Waals surface area contributed by atoms with E-state index in [0.717, 1.165) is 12.1 Å². The van der Waals surface area contributed by atoms with Crippen LogP contribution in [0.5, 0.6) is 0 Å². The second kappa shape index (κ2) is 6.16. The van der Waals surface area contributed by atoms with Crippen LogP contribution in [0, 0.1) is 17.5 Å². The molecular formula is C21H13F5O. The number of rotatable bonds is 4. The molecule has 138 valence electrons. The van der Waals surface area contributed by atoms with Crippen molar-refractivity contribution in [3.05, 3.63) is 95.3 Å². The lowest BCUT2D eigenvalue weighted by molar-refractivity contribution is -0.0866. The summed E-state index contributed by atoms with van der Waals surface area (Å²) in [5.41, 5.74) is -1.57. The van der Waals surface area contributed by atoms with E-state index in [1.165, 1.54) is 36.4 Å². The van der Waals surface area contributed by atoms with Gasteiger partial charge in [-0.2, -0.15) is 8.78 Å². The minimum atomic E-state index is -3.52. The number of benzene rings is 3. The molecule has 1 saturated heterocycles. The van der Waals surface area contributed by atoms with Gasteiger partial charge in [0, 0.05) is 17.2 Å². The van der Waals surface area contributed by atoms with E-state index in [0.29, 0.717) is 17.2 Å². The molecule has 1 nitrogen and oxygen atoms in total. The molecule has 1 fully saturated rings. The molecule has 1 unspecified atom stereocenters. The Hall–Kier alpha value is -2.73. The molecule has 3 aromatic rings. The van der Waals surface area contributed by atoms with Gasteiger partial charge in [0.2, 0.25) is 0 Å². The molecule has 3 aromatic carbocycles. The molecule has 1 atom stereocenters. The lowest BCUT2D eigenvalue weighted by Crippen LogP contribution is -2.33. The second-order valence-corrected chi connectivity index (χ2v) is 6.40. The Morgan fingerprint density at radius 2 is 1.26 bits per heavy atom. The highest BCUT2D eigenvalue weighted by molar-refractivity contribution is 5.63. The smallest absolute Gasteiger partial charge is 0.308 e. The lowest BCUT2D eigenvalue weighted by Gasteiger charge is -2.25. The van der Waals surface area contributed by atoms with Gasteiger partial charge in [0.15, 0.2) is 5.60 Å². The molecule has 0 aromatic heterocycles. The largest absolute Gasteiger partial charge is 0.357 e. The third-order valence-electron chi connectivity index (χ3n) is 4.73. The summed E-state index contributed by atoms with van der Waals surface area (Å²) in [5, 5.41) is 0. The van der Waals surface area contributed by atoms with Gasteiger partial charge in [0.25, 0.3) is 0 Å². The van der Waals surface area contributed by atoms with Crippen LogP contribution >= 0.6 is 0 Å². The number of ether oxygens (including phenoxy) is 1. The first-order chi connectivity index (χ1) is 12.8. The number of epoxide rings is 1. The molecule has 0 saturated carbocycles. The van der Waals surface area contributed by atoms with Crippen molar-refractivity contribution in [2.45, 2.75) is 11.5 Å². The number of hydrogen-bond donors (Lipinski definition) is 0. The van der Waals surface area contributed by atoms with Gasteiger partial charge in [0.05, 0.1) is 6.61 Å². The summed E-state index contributed by atoms with van der Waals surface area (Å²) in [7, 11) is 0. The third-order valence-corrected chi connectivity index (χ3v) is 4.73. The zero-order valence-electron chi connectivity index (χ0n) is 13.9. The second-order valence-electron chi connectivity index (χ2n) is 6.40. The van der Waals surface area contributed by atoms with Crippen LogP contribution in [0.4, 0.5) is 22.0 Å². The van der Waals surface area contributed by atoms with E-state index in [1.54, 1.807) is 12.1 Å². The van der Waals surface area contributed by atoms with E-state index >= 15 is 8.78 Å². The van der Waals surface area contributed by atoms with Gasteiger partial charge in [-0.25, -0.2) is 13.2 Å². The first kappa shape index (κ1) is 17.7. The monoisotopic (exact) mass is 376 g/mol. The SMILES string of the molecule is Fc1ccc(-c2ccc(C(F)(F)C3(c4ccc(F)cc4F)CO3)cc2)cc1. The van der Waals surface area contributed by atoms with Gasteiger partial charge in [-0.3, -0.25) is 0 Å². The Balaban J connectivity index is 1.68. The maximum atomic E-state index is 15.1. The Morgan fingerprint density at radius 3 is 1.78 bits per heavy atom. The van der Waals surface area contributed by atoms with Crippen LogP contribution in [0.2, 0.25) is 0 Å². The maximum Gasteiger partial charge on any atom is 0.308 e. The van der Waals surface area contributed by atoms with Crippen LogP contribution in [0.25, 0.3) is 11.1 Å². The Kier molecular flexibility index (Phi) is 4.03. The third kappa shape index (κ3) is 2.90. The van der Waals surface area contributed by atoms with Crippen molar-refractivity contribution >= 4 is 0 Å². The molecule has 0 bridgehead atoms. The summed E-state index contributed by atoms with van der Waals surface area (Å²) in [5.74, 6) is -5.84. The lowest BCUT2D eigenvalue weighted by atomic mass is 9.87. The first-order valence-electron chi connectivity index (χ1n) is 8.17. The zero-order valence-corrected chi connectivity index (χ0v) is 13.9. The predicted octanol–water partition coefficient (Wildman–Crippen LogP) is 5.79. The fraction of sp³-hybridized carbons (Fsp3) is 0.143. The molecule has 1 aliphatic rings. The van der Waals surface area contributed by atoms with Crippen molar-refractivity contribution in [3.63, 3.8) is 0 Å². The van der Waals surface area contributed by atoms with Gasteiger partial charge in [0.1, 0.15) is 17.5 Å². The van der Waals surface area contributed by atoms with E-state index < -0.39 is 29.0 Å². The highest BCUT2D eigenvalue weighted by Gasteiger charge is 2.67. The molecule has 4 rings (SSSR count). The van der Waals surface area contributed by atoms with E-state index in [-0.39, 0.29) is 17.7 Å². The Bertz CT molecular complexity index is 976. The minimum absolute atomic E-state index is 0.352. The standard InChI is InChI=1S/C21H13F5O/c22-16-7-3-14(4-8-16)13-1-5-15(6-2-13)21(25,26)20(12-27-20)18-10-9-17(23)11-19(18)24/h1-11H,12H2. The molecule has 6 heteroatoms. The van der Waals surface area contributed by atoms with Gasteiger partial charge in [-0.05, 0) is 35.4 Å². The highest BCUT2D eigenvalue weighted by Crippen LogP contribution is 2.56. The molecule has 1 heterocycles.